The number of aliphatic hydroxyl groups is 1. The molecule has 2 N–H and O–H groups in total. The Bertz CT molecular complexity index is 594. The zero-order chi connectivity index (χ0) is 16.6. The van der Waals surface area contributed by atoms with Gasteiger partial charge in [-0.15, -0.1) is 0 Å². The van der Waals surface area contributed by atoms with Gasteiger partial charge in [0.05, 0.1) is 6.10 Å². The molecule has 126 valence electrons. The van der Waals surface area contributed by atoms with Gasteiger partial charge in [-0.1, -0.05) is 37.6 Å². The van der Waals surface area contributed by atoms with Crippen molar-refractivity contribution in [1.29, 1.82) is 0 Å². The van der Waals surface area contributed by atoms with Crippen molar-refractivity contribution in [2.75, 3.05) is 0 Å². The molecule has 0 aromatic heterocycles. The summed E-state index contributed by atoms with van der Waals surface area (Å²) in [5, 5.41) is 20.0. The van der Waals surface area contributed by atoms with Gasteiger partial charge >= 0.3 is 0 Å². The van der Waals surface area contributed by atoms with Crippen LogP contribution in [0, 0.1) is 18.8 Å². The van der Waals surface area contributed by atoms with E-state index >= 15 is 0 Å². The van der Waals surface area contributed by atoms with Gasteiger partial charge in [0.1, 0.15) is 5.75 Å². The third kappa shape index (κ3) is 3.06. The van der Waals surface area contributed by atoms with Crippen LogP contribution in [0.2, 0.25) is 0 Å². The van der Waals surface area contributed by atoms with Crippen LogP contribution in [0.4, 0.5) is 0 Å². The first-order valence-electron chi connectivity index (χ1n) is 9.12. The summed E-state index contributed by atoms with van der Waals surface area (Å²) in [6.07, 6.45) is 8.91. The number of aryl methyl sites for hydroxylation is 1. The van der Waals surface area contributed by atoms with Gasteiger partial charge in [-0.05, 0) is 68.6 Å². The Balaban J connectivity index is 2.04. The molecule has 0 aliphatic heterocycles. The van der Waals surface area contributed by atoms with Crippen LogP contribution in [0.3, 0.4) is 0 Å². The largest absolute Gasteiger partial charge is 0.508 e. The summed E-state index contributed by atoms with van der Waals surface area (Å²) in [7, 11) is 0. The minimum absolute atomic E-state index is 0.110. The van der Waals surface area contributed by atoms with Crippen LogP contribution < -0.4 is 0 Å². The molecule has 2 aliphatic rings. The van der Waals surface area contributed by atoms with Crippen molar-refractivity contribution >= 4 is 0 Å². The van der Waals surface area contributed by atoms with Crippen LogP contribution in [-0.2, 0) is 5.41 Å². The molecular formula is C21H30O2. The van der Waals surface area contributed by atoms with Gasteiger partial charge in [-0.25, -0.2) is 0 Å². The summed E-state index contributed by atoms with van der Waals surface area (Å²) in [6.45, 7) is 6.47. The quantitative estimate of drug-likeness (QED) is 0.765. The van der Waals surface area contributed by atoms with E-state index in [1.165, 1.54) is 36.8 Å². The molecule has 0 bridgehead atoms. The first-order chi connectivity index (χ1) is 10.9. The van der Waals surface area contributed by atoms with Gasteiger partial charge in [0.2, 0.25) is 0 Å². The molecule has 1 aromatic rings. The number of allylic oxidation sites excluding steroid dienone is 1. The van der Waals surface area contributed by atoms with Gasteiger partial charge in [0.15, 0.2) is 0 Å². The fourth-order valence-electron chi connectivity index (χ4n) is 4.48. The van der Waals surface area contributed by atoms with Crippen LogP contribution in [0.25, 0.3) is 0 Å². The van der Waals surface area contributed by atoms with E-state index in [2.05, 4.69) is 32.1 Å². The van der Waals surface area contributed by atoms with E-state index in [4.69, 9.17) is 0 Å². The lowest BCUT2D eigenvalue weighted by molar-refractivity contribution is 0.116. The zero-order valence-corrected chi connectivity index (χ0v) is 14.7. The van der Waals surface area contributed by atoms with E-state index in [-0.39, 0.29) is 17.4 Å². The lowest BCUT2D eigenvalue weighted by atomic mass is 9.60. The van der Waals surface area contributed by atoms with Gasteiger partial charge < -0.3 is 10.2 Å². The van der Waals surface area contributed by atoms with Crippen molar-refractivity contribution in [1.82, 2.24) is 0 Å². The highest BCUT2D eigenvalue weighted by Gasteiger charge is 2.40. The highest BCUT2D eigenvalue weighted by atomic mass is 16.3. The predicted octanol–water partition coefficient (Wildman–Crippen LogP) is 4.87. The van der Waals surface area contributed by atoms with E-state index in [9.17, 15) is 10.2 Å². The molecule has 0 saturated heterocycles. The van der Waals surface area contributed by atoms with Crippen LogP contribution in [0.1, 0.15) is 63.5 Å². The minimum atomic E-state index is -0.195. The topological polar surface area (TPSA) is 40.5 Å². The highest BCUT2D eigenvalue weighted by molar-refractivity contribution is 5.44. The monoisotopic (exact) mass is 314 g/mol. The molecule has 0 spiro atoms. The molecule has 1 aromatic carbocycles. The van der Waals surface area contributed by atoms with Crippen molar-refractivity contribution in [2.45, 2.75) is 70.8 Å². The normalized spacial score (nSPS) is 35.0. The van der Waals surface area contributed by atoms with E-state index in [1.807, 2.05) is 13.0 Å². The number of phenolic OH excluding ortho intramolecular Hbond substituents is 1. The number of hydrogen-bond acceptors (Lipinski definition) is 2. The molecule has 2 unspecified atom stereocenters. The van der Waals surface area contributed by atoms with Crippen molar-refractivity contribution < 1.29 is 10.2 Å². The summed E-state index contributed by atoms with van der Waals surface area (Å²) < 4.78 is 0. The molecule has 1 fully saturated rings. The minimum Gasteiger partial charge on any atom is -0.508 e. The van der Waals surface area contributed by atoms with E-state index in [0.29, 0.717) is 5.75 Å². The first-order valence-corrected chi connectivity index (χ1v) is 9.12. The van der Waals surface area contributed by atoms with Crippen molar-refractivity contribution in [3.63, 3.8) is 0 Å². The Labute approximate surface area is 140 Å². The molecular weight excluding hydrogens is 284 g/mol. The maximum absolute atomic E-state index is 10.1. The first kappa shape index (κ1) is 16.6. The highest BCUT2D eigenvalue weighted by Crippen LogP contribution is 2.50. The second-order valence-corrected chi connectivity index (χ2v) is 7.92. The van der Waals surface area contributed by atoms with Crippen molar-refractivity contribution in [3.05, 3.63) is 41.0 Å². The Kier molecular flexibility index (Phi) is 4.55. The number of rotatable bonds is 2. The number of aromatic hydroxyl groups is 1. The van der Waals surface area contributed by atoms with E-state index in [1.54, 1.807) is 0 Å². The number of aliphatic hydroxyl groups excluding tert-OH is 1. The predicted molar refractivity (Wildman–Crippen MR) is 94.6 cm³/mol. The Morgan fingerprint density at radius 3 is 2.39 bits per heavy atom. The summed E-state index contributed by atoms with van der Waals surface area (Å²) in [6, 6.07) is 6.16. The van der Waals surface area contributed by atoms with Gasteiger partial charge in [-0.3, -0.25) is 0 Å². The third-order valence-corrected chi connectivity index (χ3v) is 6.27. The Hall–Kier alpha value is -1.28. The molecule has 2 nitrogen and oxygen atoms in total. The maximum atomic E-state index is 10.1. The van der Waals surface area contributed by atoms with Gasteiger partial charge in [0, 0.05) is 11.3 Å². The van der Waals surface area contributed by atoms with Crippen LogP contribution in [0.15, 0.2) is 29.8 Å². The number of benzene rings is 1. The zero-order valence-electron chi connectivity index (χ0n) is 14.7. The molecule has 0 amide bonds. The fourth-order valence-corrected chi connectivity index (χ4v) is 4.48. The molecule has 2 aliphatic carbocycles. The molecule has 1 saturated carbocycles. The fraction of sp³-hybridized carbons (Fsp3) is 0.619. The average molecular weight is 314 g/mol. The second-order valence-electron chi connectivity index (χ2n) is 7.92. The van der Waals surface area contributed by atoms with Crippen molar-refractivity contribution in [3.8, 4) is 5.75 Å². The third-order valence-electron chi connectivity index (χ3n) is 6.27. The van der Waals surface area contributed by atoms with E-state index in [0.717, 1.165) is 24.3 Å². The average Bonchev–Trinajstić information content (AvgIpc) is 2.54. The molecule has 0 heterocycles. The maximum Gasteiger partial charge on any atom is 0.118 e. The summed E-state index contributed by atoms with van der Waals surface area (Å²) >= 11 is 0. The Morgan fingerprint density at radius 2 is 1.78 bits per heavy atom. The van der Waals surface area contributed by atoms with Gasteiger partial charge in [0.25, 0.3) is 0 Å². The SMILES string of the molecule is Cc1cc(C2(C3=CC(C)C(O)CC3)CCC(C)CC2)ccc1O. The van der Waals surface area contributed by atoms with Crippen LogP contribution >= 0.6 is 0 Å². The standard InChI is InChI=1S/C21H30O2/c1-14-8-10-21(11-9-14,17-4-6-19(22)15(2)12-17)18-5-7-20(23)16(3)13-18/h4,6,12-14,16,20,22-23H,5,7-11H2,1-3H3. The van der Waals surface area contributed by atoms with E-state index < -0.39 is 0 Å². The lowest BCUT2D eigenvalue weighted by Gasteiger charge is -2.44. The molecule has 3 rings (SSSR count). The van der Waals surface area contributed by atoms with Crippen LogP contribution in [0.5, 0.6) is 5.75 Å². The molecule has 2 heteroatoms. The van der Waals surface area contributed by atoms with Gasteiger partial charge in [-0.2, -0.15) is 0 Å². The summed E-state index contributed by atoms with van der Waals surface area (Å²) in [5.74, 6) is 1.43. The van der Waals surface area contributed by atoms with Crippen molar-refractivity contribution in [2.24, 2.45) is 11.8 Å². The number of hydrogen-bond donors (Lipinski definition) is 2. The van der Waals surface area contributed by atoms with Crippen LogP contribution in [-0.4, -0.2) is 16.3 Å². The molecule has 0 radical (unpaired) electrons. The Morgan fingerprint density at radius 1 is 1.09 bits per heavy atom. The summed E-state index contributed by atoms with van der Waals surface area (Å²) in [4.78, 5) is 0. The summed E-state index contributed by atoms with van der Waals surface area (Å²) in [5.41, 5.74) is 3.95. The molecule has 23 heavy (non-hydrogen) atoms. The molecule has 2 atom stereocenters. The second kappa shape index (κ2) is 6.32. The lowest BCUT2D eigenvalue weighted by Crippen LogP contribution is -2.36. The number of phenols is 1. The smallest absolute Gasteiger partial charge is 0.118 e.